The van der Waals surface area contributed by atoms with Gasteiger partial charge in [0, 0.05) is 36.6 Å². The van der Waals surface area contributed by atoms with E-state index in [9.17, 15) is 14.4 Å². The fraction of sp³-hybridized carbons (Fsp3) is 0.362. The number of H-pyrrole nitrogens is 2. The maximum absolute atomic E-state index is 14.3. The van der Waals surface area contributed by atoms with Crippen LogP contribution in [-0.2, 0) is 25.7 Å². The minimum absolute atomic E-state index is 0.0645. The molecule has 309 valence electrons. The second-order valence-electron chi connectivity index (χ2n) is 16.6. The summed E-state index contributed by atoms with van der Waals surface area (Å²) in [5.74, 6) is 2.36. The lowest BCUT2D eigenvalue weighted by Crippen LogP contribution is -2.43. The van der Waals surface area contributed by atoms with Crippen molar-refractivity contribution >= 4 is 39.7 Å². The molecule has 9 rings (SSSR count). The Morgan fingerprint density at radius 1 is 0.967 bits per heavy atom. The van der Waals surface area contributed by atoms with Gasteiger partial charge in [0.1, 0.15) is 30.0 Å². The average Bonchev–Trinajstić information content (AvgIpc) is 4.07. The van der Waals surface area contributed by atoms with E-state index < -0.39 is 12.1 Å². The van der Waals surface area contributed by atoms with Crippen molar-refractivity contribution in [2.45, 2.75) is 70.8 Å². The van der Waals surface area contributed by atoms with Crippen LogP contribution in [0.25, 0.3) is 44.2 Å². The minimum atomic E-state index is -0.933. The molecule has 3 amide bonds. The number of ether oxygens (including phenoxy) is 3. The van der Waals surface area contributed by atoms with Crippen LogP contribution in [0.5, 0.6) is 5.75 Å². The standard InChI is InChI=1S/C47H50N7O6/c1-26(2)17-41(55)54-27(3)11-16-38(54)45-49-36-15-13-30-20-35-33-14-12-31(19-32(33)25-60-40(35)21-34(30)43(36)51-45)37-22-48-44(50-37)39-18-28(24-58-4)23-53(39)46(56)42(52-47(57)59-5)29-9-7-6-8-10-29/h6-10,12-15,17,19-22,26-28,38-39,42H,11,16,18,23-25H2,1-5H3,(H,48,50)(H,49,51)(H,52,57)/t27-,28-,38-,39-,42+/m0/s1. The molecule has 2 saturated heterocycles. The quantitative estimate of drug-likeness (QED) is 0.125. The first-order valence-corrected chi connectivity index (χ1v) is 20.7. The molecule has 5 heterocycles. The smallest absolute Gasteiger partial charge is 0.407 e. The Kier molecular flexibility index (Phi) is 10.5. The Morgan fingerprint density at radius 3 is 2.58 bits per heavy atom. The van der Waals surface area contributed by atoms with Crippen LogP contribution in [-0.4, -0.2) is 81.1 Å². The zero-order valence-electron chi connectivity index (χ0n) is 34.5. The van der Waals surface area contributed by atoms with E-state index in [0.717, 1.165) is 74.2 Å². The summed E-state index contributed by atoms with van der Waals surface area (Å²) < 4.78 is 16.8. The van der Waals surface area contributed by atoms with Gasteiger partial charge in [0.15, 0.2) is 0 Å². The zero-order chi connectivity index (χ0) is 41.7. The normalized spacial score (nSPS) is 20.3. The van der Waals surface area contributed by atoms with Crippen molar-refractivity contribution in [2.75, 3.05) is 27.4 Å². The van der Waals surface area contributed by atoms with Crippen molar-refractivity contribution < 1.29 is 28.6 Å². The first kappa shape index (κ1) is 39.3. The number of imidazole rings is 2. The average molecular weight is 809 g/mol. The molecule has 2 fully saturated rings. The summed E-state index contributed by atoms with van der Waals surface area (Å²) in [5, 5.41) is 4.83. The molecule has 0 spiro atoms. The largest absolute Gasteiger partial charge is 0.488 e. The minimum Gasteiger partial charge on any atom is -0.488 e. The number of aromatic amines is 2. The molecule has 0 saturated carbocycles. The molecule has 3 N–H and O–H groups in total. The Balaban J connectivity index is 0.983. The fourth-order valence-corrected chi connectivity index (χ4v) is 9.34. The van der Waals surface area contributed by atoms with Gasteiger partial charge in [-0.15, -0.1) is 0 Å². The number of benzene rings is 4. The number of rotatable bonds is 10. The third kappa shape index (κ3) is 7.25. The molecule has 2 aromatic heterocycles. The van der Waals surface area contributed by atoms with Crippen LogP contribution in [0.2, 0.25) is 0 Å². The topological polar surface area (TPSA) is 155 Å². The van der Waals surface area contributed by atoms with Crippen molar-refractivity contribution in [1.29, 1.82) is 0 Å². The number of aromatic nitrogens is 4. The molecular weight excluding hydrogens is 759 g/mol. The number of likely N-dealkylation sites (tertiary alicyclic amines) is 2. The molecule has 13 nitrogen and oxygen atoms in total. The maximum Gasteiger partial charge on any atom is 0.407 e. The summed E-state index contributed by atoms with van der Waals surface area (Å²) in [4.78, 5) is 60.7. The second kappa shape index (κ2) is 16.1. The van der Waals surface area contributed by atoms with Gasteiger partial charge < -0.3 is 39.3 Å². The molecule has 6 aromatic rings. The molecule has 5 atom stereocenters. The third-order valence-electron chi connectivity index (χ3n) is 12.2. The second-order valence-corrected chi connectivity index (χ2v) is 16.6. The van der Waals surface area contributed by atoms with Crippen LogP contribution >= 0.6 is 0 Å². The fourth-order valence-electron chi connectivity index (χ4n) is 9.34. The number of nitrogens with one attached hydrogen (secondary N) is 3. The molecule has 0 unspecified atom stereocenters. The summed E-state index contributed by atoms with van der Waals surface area (Å²) in [6, 6.07) is 22.7. The number of nitrogens with zero attached hydrogens (tertiary/aromatic N) is 4. The Labute approximate surface area is 348 Å². The van der Waals surface area contributed by atoms with Gasteiger partial charge in [0.05, 0.1) is 55.1 Å². The van der Waals surface area contributed by atoms with Gasteiger partial charge in [0.2, 0.25) is 5.91 Å². The summed E-state index contributed by atoms with van der Waals surface area (Å²) >= 11 is 0. The highest BCUT2D eigenvalue weighted by atomic mass is 16.5. The van der Waals surface area contributed by atoms with Crippen LogP contribution in [0.3, 0.4) is 0 Å². The van der Waals surface area contributed by atoms with Crippen molar-refractivity contribution in [3.8, 4) is 28.1 Å². The lowest BCUT2D eigenvalue weighted by Gasteiger charge is -2.28. The first-order valence-electron chi connectivity index (χ1n) is 20.7. The van der Waals surface area contributed by atoms with Gasteiger partial charge >= 0.3 is 6.09 Å². The summed E-state index contributed by atoms with van der Waals surface area (Å²) in [6.07, 6.45) is 5.38. The van der Waals surface area contributed by atoms with Gasteiger partial charge in [-0.2, -0.15) is 0 Å². The van der Waals surface area contributed by atoms with Crippen LogP contribution in [0.4, 0.5) is 4.79 Å². The number of hydrogen-bond donors (Lipinski definition) is 3. The maximum atomic E-state index is 14.3. The molecule has 4 aromatic carbocycles. The molecule has 13 heteroatoms. The van der Waals surface area contributed by atoms with Crippen molar-refractivity contribution in [1.82, 2.24) is 35.1 Å². The molecule has 0 bridgehead atoms. The predicted molar refractivity (Wildman–Crippen MR) is 228 cm³/mol. The summed E-state index contributed by atoms with van der Waals surface area (Å²) in [5.41, 5.74) is 7.41. The highest BCUT2D eigenvalue weighted by Crippen LogP contribution is 2.44. The number of carbonyl (C=O) groups excluding carboxylic acids is 3. The van der Waals surface area contributed by atoms with Gasteiger partial charge in [-0.3, -0.25) is 9.59 Å². The molecule has 3 aliphatic heterocycles. The van der Waals surface area contributed by atoms with E-state index in [1.165, 1.54) is 7.11 Å². The number of alkyl carbamates (subject to hydrolysis) is 1. The van der Waals surface area contributed by atoms with Crippen LogP contribution in [0.1, 0.15) is 80.9 Å². The van der Waals surface area contributed by atoms with Gasteiger partial charge in [-0.25, -0.2) is 14.8 Å². The molecule has 60 heavy (non-hydrogen) atoms. The zero-order valence-corrected chi connectivity index (χ0v) is 34.5. The number of hydrogen-bond acceptors (Lipinski definition) is 8. The Bertz CT molecular complexity index is 2580. The number of fused-ring (bicyclic) bond motifs is 6. The van der Waals surface area contributed by atoms with Crippen LogP contribution in [0.15, 0.2) is 79.0 Å². The number of carbonyl (C=O) groups is 3. The van der Waals surface area contributed by atoms with Crippen LogP contribution < -0.4 is 10.1 Å². The summed E-state index contributed by atoms with van der Waals surface area (Å²) in [7, 11) is 2.94. The first-order chi connectivity index (χ1) is 29.1. The van der Waals surface area contributed by atoms with E-state index in [2.05, 4.69) is 58.6 Å². The lowest BCUT2D eigenvalue weighted by atomic mass is 9.92. The third-order valence-corrected chi connectivity index (χ3v) is 12.2. The van der Waals surface area contributed by atoms with Gasteiger partial charge in [-0.1, -0.05) is 62.4 Å². The van der Waals surface area contributed by atoms with E-state index >= 15 is 0 Å². The van der Waals surface area contributed by atoms with E-state index in [1.807, 2.05) is 61.3 Å². The van der Waals surface area contributed by atoms with E-state index in [4.69, 9.17) is 24.2 Å². The van der Waals surface area contributed by atoms with E-state index in [-0.39, 0.29) is 41.8 Å². The van der Waals surface area contributed by atoms with Crippen molar-refractivity contribution in [3.63, 3.8) is 0 Å². The molecule has 0 aliphatic carbocycles. The van der Waals surface area contributed by atoms with E-state index in [1.54, 1.807) is 18.4 Å². The number of amides is 3. The summed E-state index contributed by atoms with van der Waals surface area (Å²) in [6.45, 7) is 7.51. The highest BCUT2D eigenvalue weighted by molar-refractivity contribution is 6.07. The molecular formula is C47H50N7O6. The SMILES string of the molecule is COC[C@H]1C[C@@H](c2ncc(-c3ccc4c(c3)COc3cc5c(ccc6nc([C@@H]7CC[C@H](C)N7C(=O)[CH]C(C)C)[nH]c65)cc3-4)[nH]2)N(C(=O)[C@H](NC(=O)OC)c2ccccc2)C1. The highest BCUT2D eigenvalue weighted by Gasteiger charge is 2.41. The van der Waals surface area contributed by atoms with Crippen LogP contribution in [0, 0.1) is 18.3 Å². The Morgan fingerprint density at radius 2 is 1.80 bits per heavy atom. The Hall–Kier alpha value is -6.21. The van der Waals surface area contributed by atoms with Crippen molar-refractivity contribution in [2.24, 2.45) is 11.8 Å². The number of methoxy groups -OCH3 is 2. The van der Waals surface area contributed by atoms with Crippen molar-refractivity contribution in [3.05, 3.63) is 108 Å². The van der Waals surface area contributed by atoms with Gasteiger partial charge in [-0.05, 0) is 84.0 Å². The van der Waals surface area contributed by atoms with E-state index in [0.29, 0.717) is 37.6 Å². The predicted octanol–water partition coefficient (Wildman–Crippen LogP) is 8.21. The molecule has 3 aliphatic rings. The monoisotopic (exact) mass is 808 g/mol. The molecule has 1 radical (unpaired) electrons. The lowest BCUT2D eigenvalue weighted by molar-refractivity contribution is -0.135. The van der Waals surface area contributed by atoms with Gasteiger partial charge in [0.25, 0.3) is 5.91 Å².